The molecular formula is C23H14BrClN2O5. The van der Waals surface area contributed by atoms with Gasteiger partial charge in [0, 0.05) is 16.1 Å². The Balaban J connectivity index is 1.54. The summed E-state index contributed by atoms with van der Waals surface area (Å²) in [7, 11) is 0. The number of cyclic esters (lactones) is 1. The van der Waals surface area contributed by atoms with Crippen molar-refractivity contribution in [1.29, 1.82) is 0 Å². The summed E-state index contributed by atoms with van der Waals surface area (Å²) in [5.41, 5.74) is 1.76. The van der Waals surface area contributed by atoms with Crippen LogP contribution in [0.3, 0.4) is 0 Å². The van der Waals surface area contributed by atoms with Gasteiger partial charge < -0.3 is 9.47 Å². The Hall–Kier alpha value is -3.49. The van der Waals surface area contributed by atoms with Gasteiger partial charge in [-0.05, 0) is 53.6 Å². The Morgan fingerprint density at radius 3 is 2.72 bits per heavy atom. The summed E-state index contributed by atoms with van der Waals surface area (Å²) in [6, 6.07) is 19.1. The molecule has 0 aliphatic carbocycles. The van der Waals surface area contributed by atoms with Crippen LogP contribution in [0.15, 0.2) is 81.9 Å². The fourth-order valence-corrected chi connectivity index (χ4v) is 3.60. The summed E-state index contributed by atoms with van der Waals surface area (Å²) >= 11 is 9.27. The number of nitro benzene ring substituents is 1. The molecule has 4 rings (SSSR count). The Kier molecular flexibility index (Phi) is 6.34. The van der Waals surface area contributed by atoms with Gasteiger partial charge >= 0.3 is 5.97 Å². The van der Waals surface area contributed by atoms with E-state index in [0.717, 1.165) is 10.0 Å². The zero-order chi connectivity index (χ0) is 22.7. The first-order valence-electron chi connectivity index (χ1n) is 9.33. The highest BCUT2D eigenvalue weighted by atomic mass is 79.9. The van der Waals surface area contributed by atoms with Crippen molar-refractivity contribution in [1.82, 2.24) is 0 Å². The van der Waals surface area contributed by atoms with Crippen LogP contribution in [0.5, 0.6) is 5.75 Å². The molecule has 160 valence electrons. The van der Waals surface area contributed by atoms with Crippen molar-refractivity contribution in [2.24, 2.45) is 4.99 Å². The van der Waals surface area contributed by atoms with Crippen LogP contribution in [0, 0.1) is 10.1 Å². The molecule has 1 aliphatic rings. The van der Waals surface area contributed by atoms with Gasteiger partial charge in [0.1, 0.15) is 17.4 Å². The van der Waals surface area contributed by atoms with Gasteiger partial charge in [-0.15, -0.1) is 0 Å². The second-order valence-electron chi connectivity index (χ2n) is 6.75. The summed E-state index contributed by atoms with van der Waals surface area (Å²) in [6.07, 6.45) is 1.56. The number of aliphatic imine (C=N–C) groups is 1. The number of nitrogens with zero attached hydrogens (tertiary/aromatic N) is 2. The maximum atomic E-state index is 12.3. The van der Waals surface area contributed by atoms with E-state index in [1.807, 2.05) is 30.3 Å². The molecule has 0 bridgehead atoms. The number of nitro groups is 1. The first-order valence-corrected chi connectivity index (χ1v) is 10.5. The van der Waals surface area contributed by atoms with Gasteiger partial charge in [0.25, 0.3) is 5.69 Å². The molecule has 3 aromatic carbocycles. The van der Waals surface area contributed by atoms with E-state index in [2.05, 4.69) is 20.9 Å². The lowest BCUT2D eigenvalue weighted by Crippen LogP contribution is -2.06. The minimum atomic E-state index is -0.655. The van der Waals surface area contributed by atoms with Gasteiger partial charge in [-0.1, -0.05) is 51.8 Å². The van der Waals surface area contributed by atoms with Gasteiger partial charge in [0.05, 0.1) is 4.92 Å². The molecule has 32 heavy (non-hydrogen) atoms. The van der Waals surface area contributed by atoms with Gasteiger partial charge in [0.2, 0.25) is 5.90 Å². The molecule has 0 N–H and O–H groups in total. The number of benzene rings is 3. The van der Waals surface area contributed by atoms with Crippen LogP contribution in [0.4, 0.5) is 5.69 Å². The molecule has 0 spiro atoms. The second kappa shape index (κ2) is 9.33. The number of hydrogen-bond acceptors (Lipinski definition) is 6. The largest absolute Gasteiger partial charge is 0.489 e. The molecule has 9 heteroatoms. The lowest BCUT2D eigenvalue weighted by Gasteiger charge is -2.07. The fraction of sp³-hybridized carbons (Fsp3) is 0.0435. The highest BCUT2D eigenvalue weighted by molar-refractivity contribution is 9.10. The lowest BCUT2D eigenvalue weighted by molar-refractivity contribution is -0.384. The van der Waals surface area contributed by atoms with E-state index in [0.29, 0.717) is 17.9 Å². The van der Waals surface area contributed by atoms with Crippen molar-refractivity contribution in [2.45, 2.75) is 6.61 Å². The van der Waals surface area contributed by atoms with Gasteiger partial charge in [-0.3, -0.25) is 10.1 Å². The van der Waals surface area contributed by atoms with E-state index in [1.165, 1.54) is 18.2 Å². The number of esters is 1. The van der Waals surface area contributed by atoms with Crippen molar-refractivity contribution >= 4 is 51.2 Å². The summed E-state index contributed by atoms with van der Waals surface area (Å²) in [5, 5.41) is 11.1. The molecule has 0 aromatic heterocycles. The predicted molar refractivity (Wildman–Crippen MR) is 124 cm³/mol. The van der Waals surface area contributed by atoms with Crippen LogP contribution in [-0.4, -0.2) is 16.8 Å². The minimum Gasteiger partial charge on any atom is -0.489 e. The highest BCUT2D eigenvalue weighted by Crippen LogP contribution is 2.28. The van der Waals surface area contributed by atoms with Crippen molar-refractivity contribution in [3.63, 3.8) is 0 Å². The van der Waals surface area contributed by atoms with Crippen LogP contribution in [0.2, 0.25) is 5.02 Å². The maximum Gasteiger partial charge on any atom is 0.363 e. The fourth-order valence-electron chi connectivity index (χ4n) is 2.96. The zero-order valence-corrected chi connectivity index (χ0v) is 18.7. The molecule has 0 saturated carbocycles. The lowest BCUT2D eigenvalue weighted by atomic mass is 10.2. The molecular weight excluding hydrogens is 500 g/mol. The van der Waals surface area contributed by atoms with Gasteiger partial charge in [-0.2, -0.15) is 0 Å². The van der Waals surface area contributed by atoms with Crippen molar-refractivity contribution in [2.75, 3.05) is 0 Å². The molecule has 7 nitrogen and oxygen atoms in total. The number of carbonyl (C=O) groups excluding carboxylic acids is 1. The Labute approximate surface area is 196 Å². The third kappa shape index (κ3) is 5.04. The molecule has 1 heterocycles. The minimum absolute atomic E-state index is 0.0147. The molecule has 3 aromatic rings. The third-order valence-corrected chi connectivity index (χ3v) is 5.28. The smallest absolute Gasteiger partial charge is 0.363 e. The van der Waals surface area contributed by atoms with E-state index in [-0.39, 0.29) is 27.9 Å². The first kappa shape index (κ1) is 21.7. The summed E-state index contributed by atoms with van der Waals surface area (Å²) < 4.78 is 12.0. The van der Waals surface area contributed by atoms with E-state index >= 15 is 0 Å². The van der Waals surface area contributed by atoms with E-state index in [1.54, 1.807) is 24.3 Å². The SMILES string of the molecule is O=C1OC(c2ccc(Cl)c([N+](=O)[O-])c2)=N/C1=C\c1cccc(OCc2cccc(Br)c2)c1. The van der Waals surface area contributed by atoms with Crippen LogP contribution >= 0.6 is 27.5 Å². The Bertz CT molecular complexity index is 1290. The standard InChI is InChI=1S/C23H14BrClN2O5/c24-17-5-1-4-15(9-17)13-31-18-6-2-3-14(10-18)11-20-23(28)32-22(26-20)16-7-8-19(25)21(12-16)27(29)30/h1-12H,13H2/b20-11-. The van der Waals surface area contributed by atoms with E-state index < -0.39 is 10.9 Å². The number of halogens is 2. The average Bonchev–Trinajstić information content (AvgIpc) is 3.13. The van der Waals surface area contributed by atoms with Crippen molar-refractivity contribution in [3.05, 3.63) is 109 Å². The number of carbonyl (C=O) groups is 1. The Morgan fingerprint density at radius 2 is 1.94 bits per heavy atom. The number of hydrogen-bond donors (Lipinski definition) is 0. The van der Waals surface area contributed by atoms with E-state index in [9.17, 15) is 14.9 Å². The predicted octanol–water partition coefficient (Wildman–Crippen LogP) is 5.93. The number of ether oxygens (including phenoxy) is 2. The van der Waals surface area contributed by atoms with Crippen molar-refractivity contribution in [3.8, 4) is 5.75 Å². The summed E-state index contributed by atoms with van der Waals surface area (Å²) in [6.45, 7) is 0.388. The quantitative estimate of drug-likeness (QED) is 0.176. The topological polar surface area (TPSA) is 91.0 Å². The van der Waals surface area contributed by atoms with Crippen LogP contribution in [-0.2, 0) is 16.1 Å². The molecule has 0 saturated heterocycles. The third-order valence-electron chi connectivity index (χ3n) is 4.47. The molecule has 0 radical (unpaired) electrons. The van der Waals surface area contributed by atoms with E-state index in [4.69, 9.17) is 21.1 Å². The molecule has 0 atom stereocenters. The van der Waals surface area contributed by atoms with Crippen LogP contribution in [0.25, 0.3) is 6.08 Å². The molecule has 0 amide bonds. The molecule has 0 unspecified atom stereocenters. The summed E-state index contributed by atoms with van der Waals surface area (Å²) in [4.78, 5) is 27.0. The monoisotopic (exact) mass is 512 g/mol. The van der Waals surface area contributed by atoms with Crippen LogP contribution < -0.4 is 4.74 Å². The summed E-state index contributed by atoms with van der Waals surface area (Å²) in [5.74, 6) is -0.0515. The Morgan fingerprint density at radius 1 is 1.12 bits per heavy atom. The second-order valence-corrected chi connectivity index (χ2v) is 8.07. The zero-order valence-electron chi connectivity index (χ0n) is 16.3. The maximum absolute atomic E-state index is 12.3. The average molecular weight is 514 g/mol. The number of rotatable bonds is 6. The van der Waals surface area contributed by atoms with Crippen LogP contribution in [0.1, 0.15) is 16.7 Å². The normalized spacial score (nSPS) is 14.2. The first-order chi connectivity index (χ1) is 15.4. The molecule has 1 aliphatic heterocycles. The molecule has 0 fully saturated rings. The van der Waals surface area contributed by atoms with Gasteiger partial charge in [0.15, 0.2) is 5.70 Å². The van der Waals surface area contributed by atoms with Crippen molar-refractivity contribution < 1.29 is 19.2 Å². The van der Waals surface area contributed by atoms with Gasteiger partial charge in [-0.25, -0.2) is 9.79 Å². The highest BCUT2D eigenvalue weighted by Gasteiger charge is 2.26.